The van der Waals surface area contributed by atoms with Crippen LogP contribution in [0.25, 0.3) is 10.9 Å². The molecule has 7 heteroatoms. The van der Waals surface area contributed by atoms with E-state index in [0.717, 1.165) is 11.3 Å². The number of para-hydroxylation sites is 2. The Morgan fingerprint density at radius 3 is 2.79 bits per heavy atom. The molecule has 1 heterocycles. The number of fused-ring (bicyclic) bond motifs is 1. The molecule has 3 aromatic rings. The first-order valence-corrected chi connectivity index (χ1v) is 9.24. The summed E-state index contributed by atoms with van der Waals surface area (Å²) in [5, 5.41) is 4.86. The average molecular weight is 380 g/mol. The molecule has 0 radical (unpaired) electrons. The number of ether oxygens (including phenoxy) is 2. The quantitative estimate of drug-likeness (QED) is 0.350. The molecule has 0 bridgehead atoms. The number of hydrogen-bond donors (Lipinski definition) is 1. The van der Waals surface area contributed by atoms with Crippen LogP contribution < -0.4 is 15.7 Å². The van der Waals surface area contributed by atoms with Crippen LogP contribution in [-0.2, 0) is 11.3 Å². The van der Waals surface area contributed by atoms with Gasteiger partial charge in [-0.3, -0.25) is 9.36 Å². The number of benzene rings is 2. The molecule has 0 aliphatic heterocycles. The van der Waals surface area contributed by atoms with Crippen molar-refractivity contribution in [2.45, 2.75) is 19.9 Å². The summed E-state index contributed by atoms with van der Waals surface area (Å²) in [6, 6.07) is 14.9. The minimum atomic E-state index is -0.103. The number of anilines is 1. The van der Waals surface area contributed by atoms with Gasteiger partial charge in [0.15, 0.2) is 0 Å². The van der Waals surface area contributed by atoms with Gasteiger partial charge >= 0.3 is 0 Å². The average Bonchev–Trinajstić information content (AvgIpc) is 2.72. The number of hydrazone groups is 1. The lowest BCUT2D eigenvalue weighted by molar-refractivity contribution is 0.190. The smallest absolute Gasteiger partial charge is 0.262 e. The molecule has 0 unspecified atom stereocenters. The van der Waals surface area contributed by atoms with E-state index in [9.17, 15) is 4.79 Å². The molecule has 3 rings (SSSR count). The standard InChI is InChI=1S/C21H24N4O3/c1-3-28-19-12-7-4-9-16(19)15-22-24-21-23-18-11-6-5-10-17(18)20(26)25(21)13-8-14-27-2/h4-7,9-12,15H,3,8,13-14H2,1-2H3,(H,23,24)/b22-15-. The Morgan fingerprint density at radius 1 is 1.18 bits per heavy atom. The molecule has 28 heavy (non-hydrogen) atoms. The summed E-state index contributed by atoms with van der Waals surface area (Å²) in [5.41, 5.74) is 4.28. The number of aromatic nitrogens is 2. The topological polar surface area (TPSA) is 77.7 Å². The second-order valence-corrected chi connectivity index (χ2v) is 6.10. The van der Waals surface area contributed by atoms with Crippen LogP contribution in [0, 0.1) is 0 Å². The van der Waals surface area contributed by atoms with Gasteiger partial charge in [0.05, 0.1) is 23.7 Å². The molecular formula is C21H24N4O3. The highest BCUT2D eigenvalue weighted by Gasteiger charge is 2.10. The molecule has 0 atom stereocenters. The van der Waals surface area contributed by atoms with Gasteiger partial charge in [-0.05, 0) is 37.6 Å². The summed E-state index contributed by atoms with van der Waals surface area (Å²) in [4.78, 5) is 17.5. The molecule has 0 saturated carbocycles. The molecule has 1 aromatic heterocycles. The van der Waals surface area contributed by atoms with Gasteiger partial charge in [-0.2, -0.15) is 5.10 Å². The molecule has 7 nitrogen and oxygen atoms in total. The SMILES string of the molecule is CCOc1ccccc1/C=N\Nc1nc2ccccc2c(=O)n1CCCOC. The van der Waals surface area contributed by atoms with Gasteiger partial charge in [0.1, 0.15) is 5.75 Å². The largest absolute Gasteiger partial charge is 0.493 e. The van der Waals surface area contributed by atoms with Crippen LogP contribution in [0.5, 0.6) is 5.75 Å². The lowest BCUT2D eigenvalue weighted by Gasteiger charge is -2.12. The van der Waals surface area contributed by atoms with Gasteiger partial charge in [-0.15, -0.1) is 0 Å². The Kier molecular flexibility index (Phi) is 6.75. The highest BCUT2D eigenvalue weighted by Crippen LogP contribution is 2.16. The Hall–Kier alpha value is -3.19. The van der Waals surface area contributed by atoms with Crippen LogP contribution >= 0.6 is 0 Å². The van der Waals surface area contributed by atoms with Crippen molar-refractivity contribution in [3.8, 4) is 5.75 Å². The maximum atomic E-state index is 12.9. The molecule has 1 N–H and O–H groups in total. The van der Waals surface area contributed by atoms with E-state index in [2.05, 4.69) is 15.5 Å². The van der Waals surface area contributed by atoms with E-state index < -0.39 is 0 Å². The van der Waals surface area contributed by atoms with Gasteiger partial charge in [-0.1, -0.05) is 24.3 Å². The Morgan fingerprint density at radius 2 is 1.96 bits per heavy atom. The fourth-order valence-corrected chi connectivity index (χ4v) is 2.86. The second kappa shape index (κ2) is 9.66. The molecule has 0 fully saturated rings. The zero-order valence-electron chi connectivity index (χ0n) is 16.1. The van der Waals surface area contributed by atoms with Crippen LogP contribution in [0.3, 0.4) is 0 Å². The van der Waals surface area contributed by atoms with E-state index in [0.29, 0.717) is 43.0 Å². The molecule has 0 spiro atoms. The first-order chi connectivity index (χ1) is 13.7. The summed E-state index contributed by atoms with van der Waals surface area (Å²) in [5.74, 6) is 1.14. The van der Waals surface area contributed by atoms with Gasteiger partial charge < -0.3 is 9.47 Å². The molecular weight excluding hydrogens is 356 g/mol. The van der Waals surface area contributed by atoms with Crippen molar-refractivity contribution in [1.29, 1.82) is 0 Å². The zero-order chi connectivity index (χ0) is 19.8. The number of rotatable bonds is 9. The summed E-state index contributed by atoms with van der Waals surface area (Å²) < 4.78 is 12.3. The Balaban J connectivity index is 1.91. The third-order valence-electron chi connectivity index (χ3n) is 4.18. The van der Waals surface area contributed by atoms with E-state index in [1.54, 1.807) is 24.0 Å². The van der Waals surface area contributed by atoms with Crippen molar-refractivity contribution >= 4 is 23.1 Å². The van der Waals surface area contributed by atoms with Crippen molar-refractivity contribution in [3.63, 3.8) is 0 Å². The Bertz CT molecular complexity index is 1010. The first kappa shape index (κ1) is 19.6. The number of nitrogens with one attached hydrogen (secondary N) is 1. The lowest BCUT2D eigenvalue weighted by Crippen LogP contribution is -2.24. The minimum absolute atomic E-state index is 0.103. The summed E-state index contributed by atoms with van der Waals surface area (Å²) in [6.07, 6.45) is 2.35. The summed E-state index contributed by atoms with van der Waals surface area (Å²) in [6.45, 7) is 3.55. The fraction of sp³-hybridized carbons (Fsp3) is 0.286. The van der Waals surface area contributed by atoms with Gasteiger partial charge in [0.2, 0.25) is 5.95 Å². The van der Waals surface area contributed by atoms with Crippen LogP contribution in [0.1, 0.15) is 18.9 Å². The maximum Gasteiger partial charge on any atom is 0.262 e. The zero-order valence-corrected chi connectivity index (χ0v) is 16.1. The molecule has 0 aliphatic carbocycles. The van der Waals surface area contributed by atoms with Gasteiger partial charge in [0.25, 0.3) is 5.56 Å². The van der Waals surface area contributed by atoms with Gasteiger partial charge in [-0.25, -0.2) is 10.4 Å². The number of nitrogens with zero attached hydrogens (tertiary/aromatic N) is 3. The first-order valence-electron chi connectivity index (χ1n) is 9.24. The van der Waals surface area contributed by atoms with E-state index in [4.69, 9.17) is 9.47 Å². The monoisotopic (exact) mass is 380 g/mol. The van der Waals surface area contributed by atoms with Crippen LogP contribution in [0.2, 0.25) is 0 Å². The molecule has 0 saturated heterocycles. The second-order valence-electron chi connectivity index (χ2n) is 6.10. The predicted octanol–water partition coefficient (Wildman–Crippen LogP) is 3.28. The van der Waals surface area contributed by atoms with E-state index >= 15 is 0 Å². The van der Waals surface area contributed by atoms with Crippen molar-refractivity contribution in [3.05, 3.63) is 64.4 Å². The van der Waals surface area contributed by atoms with Crippen LogP contribution in [0.4, 0.5) is 5.95 Å². The Labute approximate surface area is 163 Å². The summed E-state index contributed by atoms with van der Waals surface area (Å²) in [7, 11) is 1.64. The van der Waals surface area contributed by atoms with E-state index in [-0.39, 0.29) is 5.56 Å². The minimum Gasteiger partial charge on any atom is -0.493 e. The molecule has 0 amide bonds. The van der Waals surface area contributed by atoms with Crippen molar-refractivity contribution in [2.75, 3.05) is 25.7 Å². The van der Waals surface area contributed by atoms with Crippen molar-refractivity contribution in [1.82, 2.24) is 9.55 Å². The molecule has 146 valence electrons. The molecule has 2 aromatic carbocycles. The van der Waals surface area contributed by atoms with Crippen LogP contribution in [-0.4, -0.2) is 36.1 Å². The fourth-order valence-electron chi connectivity index (χ4n) is 2.86. The normalized spacial score (nSPS) is 11.2. The van der Waals surface area contributed by atoms with Crippen molar-refractivity contribution in [2.24, 2.45) is 5.10 Å². The van der Waals surface area contributed by atoms with E-state index in [1.165, 1.54) is 0 Å². The number of hydrogen-bond acceptors (Lipinski definition) is 6. The third-order valence-corrected chi connectivity index (χ3v) is 4.18. The lowest BCUT2D eigenvalue weighted by atomic mass is 10.2. The van der Waals surface area contributed by atoms with Crippen molar-refractivity contribution < 1.29 is 9.47 Å². The molecule has 0 aliphatic rings. The highest BCUT2D eigenvalue weighted by atomic mass is 16.5. The maximum absolute atomic E-state index is 12.9. The predicted molar refractivity (Wildman–Crippen MR) is 111 cm³/mol. The van der Waals surface area contributed by atoms with E-state index in [1.807, 2.05) is 49.4 Å². The van der Waals surface area contributed by atoms with Crippen LogP contribution in [0.15, 0.2) is 58.4 Å². The summed E-state index contributed by atoms with van der Waals surface area (Å²) >= 11 is 0. The number of methoxy groups -OCH3 is 1. The van der Waals surface area contributed by atoms with Gasteiger partial charge in [0, 0.05) is 25.8 Å². The third kappa shape index (κ3) is 4.55. The highest BCUT2D eigenvalue weighted by molar-refractivity contribution is 5.84.